The molecule has 0 aliphatic heterocycles. The third-order valence-corrected chi connectivity index (χ3v) is 3.90. The average molecular weight is 237 g/mol. The maximum absolute atomic E-state index is 3.39. The van der Waals surface area contributed by atoms with Gasteiger partial charge in [-0.2, -0.15) is 11.8 Å². The van der Waals surface area contributed by atoms with Crippen LogP contribution in [0.3, 0.4) is 0 Å². The fourth-order valence-corrected chi connectivity index (χ4v) is 2.85. The van der Waals surface area contributed by atoms with E-state index < -0.39 is 0 Å². The number of rotatable bonds is 7. The van der Waals surface area contributed by atoms with Crippen LogP contribution in [0.5, 0.6) is 0 Å². The molecule has 0 fully saturated rings. The first-order chi connectivity index (χ1) is 7.77. The van der Waals surface area contributed by atoms with Crippen LogP contribution in [0.1, 0.15) is 36.9 Å². The number of nitrogens with one attached hydrogen (secondary N) is 1. The van der Waals surface area contributed by atoms with Crippen LogP contribution >= 0.6 is 11.8 Å². The Morgan fingerprint density at radius 3 is 2.50 bits per heavy atom. The molecule has 0 aromatic heterocycles. The molecule has 0 saturated carbocycles. The molecular formula is C14H23NS. The van der Waals surface area contributed by atoms with Gasteiger partial charge in [0.05, 0.1) is 0 Å². The van der Waals surface area contributed by atoms with E-state index in [1.54, 1.807) is 0 Å². The molecule has 0 amide bonds. The van der Waals surface area contributed by atoms with Gasteiger partial charge in [-0.3, -0.25) is 0 Å². The number of benzene rings is 1. The van der Waals surface area contributed by atoms with E-state index >= 15 is 0 Å². The second kappa shape index (κ2) is 7.75. The van der Waals surface area contributed by atoms with Gasteiger partial charge in [0.25, 0.3) is 0 Å². The summed E-state index contributed by atoms with van der Waals surface area (Å²) in [6.45, 7) is 4.38. The number of thioether (sulfide) groups is 1. The van der Waals surface area contributed by atoms with Gasteiger partial charge in [-0.05, 0) is 31.7 Å². The number of hydrogen-bond donors (Lipinski definition) is 1. The van der Waals surface area contributed by atoms with E-state index in [1.807, 2.05) is 18.8 Å². The standard InChI is InChI=1S/C14H23NS/c1-4-5-10-16-11-14(15-3)13-8-6-12(2)7-9-13/h6-9,14-15H,4-5,10-11H2,1-3H3. The lowest BCUT2D eigenvalue weighted by molar-refractivity contribution is 0.661. The van der Waals surface area contributed by atoms with E-state index in [0.29, 0.717) is 6.04 Å². The molecule has 1 nitrogen and oxygen atoms in total. The number of aryl methyl sites for hydroxylation is 1. The summed E-state index contributed by atoms with van der Waals surface area (Å²) in [4.78, 5) is 0. The fourth-order valence-electron chi connectivity index (χ4n) is 1.59. The smallest absolute Gasteiger partial charge is 0.0409 e. The van der Waals surface area contributed by atoms with Crippen molar-refractivity contribution in [2.45, 2.75) is 32.7 Å². The predicted octanol–water partition coefficient (Wildman–Crippen LogP) is 3.79. The summed E-state index contributed by atoms with van der Waals surface area (Å²) < 4.78 is 0. The van der Waals surface area contributed by atoms with Crippen LogP contribution < -0.4 is 5.32 Å². The Hall–Kier alpha value is -0.470. The molecular weight excluding hydrogens is 214 g/mol. The molecule has 1 rings (SSSR count). The SMILES string of the molecule is CCCCSCC(NC)c1ccc(C)cc1. The van der Waals surface area contributed by atoms with Gasteiger partial charge >= 0.3 is 0 Å². The van der Waals surface area contributed by atoms with Gasteiger partial charge in [-0.15, -0.1) is 0 Å². The van der Waals surface area contributed by atoms with Gasteiger partial charge < -0.3 is 5.32 Å². The molecule has 0 saturated heterocycles. The van der Waals surface area contributed by atoms with Crippen LogP contribution in [0.25, 0.3) is 0 Å². The summed E-state index contributed by atoms with van der Waals surface area (Å²) in [5, 5.41) is 3.39. The Morgan fingerprint density at radius 1 is 1.25 bits per heavy atom. The second-order valence-electron chi connectivity index (χ2n) is 4.18. The molecule has 1 aromatic rings. The Balaban J connectivity index is 2.44. The van der Waals surface area contributed by atoms with Crippen molar-refractivity contribution in [3.05, 3.63) is 35.4 Å². The molecule has 0 aliphatic carbocycles. The van der Waals surface area contributed by atoms with Crippen molar-refractivity contribution >= 4 is 11.8 Å². The average Bonchev–Trinajstić information content (AvgIpc) is 2.31. The minimum Gasteiger partial charge on any atom is -0.312 e. The van der Waals surface area contributed by atoms with Gasteiger partial charge in [0.2, 0.25) is 0 Å². The number of hydrogen-bond acceptors (Lipinski definition) is 2. The summed E-state index contributed by atoms with van der Waals surface area (Å²) >= 11 is 2.05. The zero-order valence-corrected chi connectivity index (χ0v) is 11.4. The fraction of sp³-hybridized carbons (Fsp3) is 0.571. The van der Waals surface area contributed by atoms with Crippen molar-refractivity contribution in [2.75, 3.05) is 18.6 Å². The third-order valence-electron chi connectivity index (χ3n) is 2.75. The molecule has 0 heterocycles. The van der Waals surface area contributed by atoms with Gasteiger partial charge in [-0.25, -0.2) is 0 Å². The first-order valence-corrected chi connectivity index (χ1v) is 7.25. The van der Waals surface area contributed by atoms with Crippen molar-refractivity contribution in [1.29, 1.82) is 0 Å². The molecule has 0 spiro atoms. The molecule has 0 bridgehead atoms. The topological polar surface area (TPSA) is 12.0 Å². The molecule has 90 valence electrons. The van der Waals surface area contributed by atoms with E-state index in [1.165, 1.54) is 35.5 Å². The highest BCUT2D eigenvalue weighted by atomic mass is 32.2. The monoisotopic (exact) mass is 237 g/mol. The molecule has 1 atom stereocenters. The zero-order chi connectivity index (χ0) is 11.8. The second-order valence-corrected chi connectivity index (χ2v) is 5.33. The van der Waals surface area contributed by atoms with E-state index in [9.17, 15) is 0 Å². The molecule has 2 heteroatoms. The molecule has 1 unspecified atom stereocenters. The lowest BCUT2D eigenvalue weighted by atomic mass is 10.1. The lowest BCUT2D eigenvalue weighted by Crippen LogP contribution is -2.18. The quantitative estimate of drug-likeness (QED) is 0.724. The Kier molecular flexibility index (Phi) is 6.58. The largest absolute Gasteiger partial charge is 0.312 e. The minimum absolute atomic E-state index is 0.488. The van der Waals surface area contributed by atoms with Crippen LogP contribution in [0.4, 0.5) is 0 Å². The Morgan fingerprint density at radius 2 is 1.94 bits per heavy atom. The highest BCUT2D eigenvalue weighted by Crippen LogP contribution is 2.19. The van der Waals surface area contributed by atoms with Gasteiger partial charge in [0.15, 0.2) is 0 Å². The maximum Gasteiger partial charge on any atom is 0.0409 e. The van der Waals surface area contributed by atoms with Gasteiger partial charge in [0, 0.05) is 11.8 Å². The zero-order valence-electron chi connectivity index (χ0n) is 10.6. The third kappa shape index (κ3) is 4.58. The lowest BCUT2D eigenvalue weighted by Gasteiger charge is -2.16. The Labute approximate surface area is 104 Å². The summed E-state index contributed by atoms with van der Waals surface area (Å²) in [6.07, 6.45) is 2.62. The molecule has 0 radical (unpaired) electrons. The van der Waals surface area contributed by atoms with Crippen molar-refractivity contribution in [3.63, 3.8) is 0 Å². The molecule has 0 aliphatic rings. The minimum atomic E-state index is 0.488. The summed E-state index contributed by atoms with van der Waals surface area (Å²) in [6, 6.07) is 9.34. The van der Waals surface area contributed by atoms with Crippen LogP contribution in [0, 0.1) is 6.92 Å². The number of unbranched alkanes of at least 4 members (excludes halogenated alkanes) is 1. The first-order valence-electron chi connectivity index (χ1n) is 6.09. The van der Waals surface area contributed by atoms with E-state index in [-0.39, 0.29) is 0 Å². The summed E-state index contributed by atoms with van der Waals surface area (Å²) in [7, 11) is 2.05. The van der Waals surface area contributed by atoms with Crippen LogP contribution in [-0.2, 0) is 0 Å². The first kappa shape index (κ1) is 13.6. The highest BCUT2D eigenvalue weighted by molar-refractivity contribution is 7.99. The normalized spacial score (nSPS) is 12.7. The Bertz CT molecular complexity index is 281. The van der Waals surface area contributed by atoms with Crippen molar-refractivity contribution in [2.24, 2.45) is 0 Å². The van der Waals surface area contributed by atoms with E-state index in [0.717, 1.165) is 0 Å². The van der Waals surface area contributed by atoms with E-state index in [2.05, 4.69) is 43.4 Å². The van der Waals surface area contributed by atoms with Crippen molar-refractivity contribution in [3.8, 4) is 0 Å². The van der Waals surface area contributed by atoms with Crippen LogP contribution in [-0.4, -0.2) is 18.6 Å². The summed E-state index contributed by atoms with van der Waals surface area (Å²) in [5.74, 6) is 2.44. The van der Waals surface area contributed by atoms with Crippen LogP contribution in [0.2, 0.25) is 0 Å². The molecule has 1 N–H and O–H groups in total. The van der Waals surface area contributed by atoms with E-state index in [4.69, 9.17) is 0 Å². The molecule has 1 aromatic carbocycles. The highest BCUT2D eigenvalue weighted by Gasteiger charge is 2.08. The van der Waals surface area contributed by atoms with Crippen molar-refractivity contribution < 1.29 is 0 Å². The molecule has 16 heavy (non-hydrogen) atoms. The predicted molar refractivity (Wildman–Crippen MR) is 75.2 cm³/mol. The maximum atomic E-state index is 3.39. The summed E-state index contributed by atoms with van der Waals surface area (Å²) in [5.41, 5.74) is 2.73. The van der Waals surface area contributed by atoms with Crippen molar-refractivity contribution in [1.82, 2.24) is 5.32 Å². The van der Waals surface area contributed by atoms with Gasteiger partial charge in [-0.1, -0.05) is 43.2 Å². The van der Waals surface area contributed by atoms with Gasteiger partial charge in [0.1, 0.15) is 0 Å². The van der Waals surface area contributed by atoms with Crippen LogP contribution in [0.15, 0.2) is 24.3 Å².